The molecule has 1 saturated heterocycles. The molecule has 0 aliphatic carbocycles. The molecule has 0 saturated carbocycles. The van der Waals surface area contributed by atoms with E-state index in [0.29, 0.717) is 24.5 Å². The number of rotatable bonds is 3. The Labute approximate surface area is 139 Å². The van der Waals surface area contributed by atoms with E-state index in [1.807, 2.05) is 19.9 Å². The Morgan fingerprint density at radius 1 is 1.48 bits per heavy atom. The van der Waals surface area contributed by atoms with Crippen LogP contribution in [0.1, 0.15) is 27.6 Å². The van der Waals surface area contributed by atoms with Crippen molar-refractivity contribution in [2.75, 3.05) is 13.1 Å². The third kappa shape index (κ3) is 2.98. The van der Waals surface area contributed by atoms with Gasteiger partial charge in [-0.1, -0.05) is 11.6 Å². The highest BCUT2D eigenvalue weighted by Gasteiger charge is 2.36. The van der Waals surface area contributed by atoms with Gasteiger partial charge in [0.1, 0.15) is 0 Å². The average molecular weight is 338 g/mol. The van der Waals surface area contributed by atoms with Gasteiger partial charge < -0.3 is 10.0 Å². The van der Waals surface area contributed by atoms with Crippen molar-refractivity contribution in [2.45, 2.75) is 26.4 Å². The lowest BCUT2D eigenvalue weighted by molar-refractivity contribution is 0.0758. The van der Waals surface area contributed by atoms with Gasteiger partial charge in [0.15, 0.2) is 5.69 Å². The molecule has 1 aliphatic heterocycles. The molecule has 0 radical (unpaired) electrons. The molecule has 0 bridgehead atoms. The van der Waals surface area contributed by atoms with Crippen LogP contribution in [0.15, 0.2) is 6.07 Å². The zero-order chi connectivity index (χ0) is 16.7. The second-order valence-electron chi connectivity index (χ2n) is 6.16. The van der Waals surface area contributed by atoms with Gasteiger partial charge in [0.2, 0.25) is 0 Å². The summed E-state index contributed by atoms with van der Waals surface area (Å²) in [6, 6.07) is 1.95. The van der Waals surface area contributed by atoms with Crippen LogP contribution in [-0.4, -0.2) is 55.1 Å². The van der Waals surface area contributed by atoms with Crippen LogP contribution in [0.2, 0.25) is 5.02 Å². The first kappa shape index (κ1) is 16.0. The molecule has 0 aromatic carbocycles. The molecule has 2 aromatic rings. The molecule has 7 nitrogen and oxygen atoms in total. The van der Waals surface area contributed by atoms with Crippen LogP contribution in [-0.2, 0) is 13.5 Å². The van der Waals surface area contributed by atoms with Crippen LogP contribution in [0.3, 0.4) is 0 Å². The number of aliphatic hydroxyl groups excluding tert-OH is 1. The van der Waals surface area contributed by atoms with Crippen molar-refractivity contribution in [3.05, 3.63) is 33.9 Å². The highest BCUT2D eigenvalue weighted by molar-refractivity contribution is 6.34. The molecular weight excluding hydrogens is 318 g/mol. The summed E-state index contributed by atoms with van der Waals surface area (Å²) in [7, 11) is 1.75. The number of β-amino-alcohol motifs (C(OH)–C–C–N with tert-alkyl or cyclic N) is 1. The summed E-state index contributed by atoms with van der Waals surface area (Å²) >= 11 is 6.19. The number of aliphatic hydroxyl groups is 1. The van der Waals surface area contributed by atoms with E-state index in [2.05, 4.69) is 15.3 Å². The number of nitrogens with one attached hydrogen (secondary N) is 1. The fraction of sp³-hybridized carbons (Fsp3) is 0.533. The first-order chi connectivity index (χ1) is 10.9. The number of aryl methyl sites for hydroxylation is 2. The first-order valence-electron chi connectivity index (χ1n) is 7.54. The third-order valence-corrected chi connectivity index (χ3v) is 4.84. The lowest BCUT2D eigenvalue weighted by Crippen LogP contribution is -2.30. The number of H-pyrrole nitrogens is 1. The van der Waals surface area contributed by atoms with E-state index in [1.165, 1.54) is 0 Å². The number of aromatic nitrogens is 4. The van der Waals surface area contributed by atoms with Gasteiger partial charge in [0.05, 0.1) is 22.5 Å². The Bertz CT molecular complexity index is 738. The molecule has 23 heavy (non-hydrogen) atoms. The molecule has 2 atom stereocenters. The Balaban J connectivity index is 1.72. The lowest BCUT2D eigenvalue weighted by Gasteiger charge is -2.14. The van der Waals surface area contributed by atoms with E-state index in [1.54, 1.807) is 16.6 Å². The zero-order valence-electron chi connectivity index (χ0n) is 13.4. The number of amides is 1. The highest BCUT2D eigenvalue weighted by Crippen LogP contribution is 2.26. The molecule has 2 aromatic heterocycles. The van der Waals surface area contributed by atoms with E-state index < -0.39 is 6.10 Å². The number of hydrogen-bond acceptors (Lipinski definition) is 4. The number of carbonyl (C=O) groups is 1. The summed E-state index contributed by atoms with van der Waals surface area (Å²) in [5.74, 6) is -0.274. The van der Waals surface area contributed by atoms with Gasteiger partial charge in [-0.25, -0.2) is 0 Å². The minimum Gasteiger partial charge on any atom is -0.391 e. The van der Waals surface area contributed by atoms with Crippen molar-refractivity contribution in [1.29, 1.82) is 0 Å². The van der Waals surface area contributed by atoms with E-state index >= 15 is 0 Å². The molecule has 0 unspecified atom stereocenters. The van der Waals surface area contributed by atoms with Gasteiger partial charge in [0, 0.05) is 31.7 Å². The standard InChI is InChI=1S/C15H20ClN5O2/c1-8-4-11(18-17-8)5-10-6-21(7-12(10)22)15(23)14-13(16)9(2)20(3)19-14/h4,10,12,22H,5-7H2,1-3H3,(H,17,18)/t10-,12+/m1/s1. The Morgan fingerprint density at radius 2 is 2.22 bits per heavy atom. The topological polar surface area (TPSA) is 87.0 Å². The van der Waals surface area contributed by atoms with Crippen LogP contribution >= 0.6 is 11.6 Å². The van der Waals surface area contributed by atoms with Crippen LogP contribution in [0.5, 0.6) is 0 Å². The molecule has 1 amide bonds. The predicted octanol–water partition coefficient (Wildman–Crippen LogP) is 1.09. The Hall–Kier alpha value is -1.86. The van der Waals surface area contributed by atoms with Crippen molar-refractivity contribution < 1.29 is 9.90 Å². The van der Waals surface area contributed by atoms with Crippen molar-refractivity contribution >= 4 is 17.5 Å². The largest absolute Gasteiger partial charge is 0.391 e. The van der Waals surface area contributed by atoms with Gasteiger partial charge in [-0.05, 0) is 26.3 Å². The average Bonchev–Trinajstić information content (AvgIpc) is 3.15. The Kier molecular flexibility index (Phi) is 4.16. The zero-order valence-corrected chi connectivity index (χ0v) is 14.1. The maximum atomic E-state index is 12.6. The first-order valence-corrected chi connectivity index (χ1v) is 7.92. The van der Waals surface area contributed by atoms with Crippen molar-refractivity contribution in [3.8, 4) is 0 Å². The quantitative estimate of drug-likeness (QED) is 0.877. The number of likely N-dealkylation sites (tertiary alicyclic amines) is 1. The maximum Gasteiger partial charge on any atom is 0.276 e. The summed E-state index contributed by atoms with van der Waals surface area (Å²) in [5, 5.41) is 21.9. The molecule has 2 N–H and O–H groups in total. The summed E-state index contributed by atoms with van der Waals surface area (Å²) in [4.78, 5) is 14.2. The van der Waals surface area contributed by atoms with Crippen LogP contribution < -0.4 is 0 Å². The fourth-order valence-electron chi connectivity index (χ4n) is 2.94. The normalized spacial score (nSPS) is 21.2. The summed E-state index contributed by atoms with van der Waals surface area (Å²) in [6.07, 6.45) is 0.0594. The van der Waals surface area contributed by atoms with E-state index in [9.17, 15) is 9.90 Å². The van der Waals surface area contributed by atoms with E-state index in [4.69, 9.17) is 11.6 Å². The van der Waals surface area contributed by atoms with Crippen LogP contribution in [0.25, 0.3) is 0 Å². The monoisotopic (exact) mass is 337 g/mol. The molecule has 1 aliphatic rings. The van der Waals surface area contributed by atoms with Gasteiger partial charge >= 0.3 is 0 Å². The van der Waals surface area contributed by atoms with Crippen LogP contribution in [0, 0.1) is 19.8 Å². The third-order valence-electron chi connectivity index (χ3n) is 4.39. The molecule has 1 fully saturated rings. The number of hydrogen-bond donors (Lipinski definition) is 2. The SMILES string of the molecule is Cc1cc(C[C@@H]2CN(C(=O)c3nn(C)c(C)c3Cl)C[C@@H]2O)n[nH]1. The predicted molar refractivity (Wildman–Crippen MR) is 85.4 cm³/mol. The molecule has 3 rings (SSSR count). The van der Waals surface area contributed by atoms with Crippen molar-refractivity contribution in [1.82, 2.24) is 24.9 Å². The number of carbonyl (C=O) groups excluding carboxylic acids is 1. The van der Waals surface area contributed by atoms with E-state index in [0.717, 1.165) is 17.1 Å². The molecular formula is C15H20ClN5O2. The number of nitrogens with zero attached hydrogens (tertiary/aromatic N) is 4. The highest BCUT2D eigenvalue weighted by atomic mass is 35.5. The van der Waals surface area contributed by atoms with Gasteiger partial charge in [-0.3, -0.25) is 14.6 Å². The number of halogens is 1. The minimum absolute atomic E-state index is 0.0368. The maximum absolute atomic E-state index is 12.6. The van der Waals surface area contributed by atoms with Crippen molar-refractivity contribution in [3.63, 3.8) is 0 Å². The van der Waals surface area contributed by atoms with Crippen LogP contribution in [0.4, 0.5) is 0 Å². The van der Waals surface area contributed by atoms with Gasteiger partial charge in [-0.15, -0.1) is 0 Å². The second-order valence-corrected chi connectivity index (χ2v) is 6.53. The second kappa shape index (κ2) is 5.98. The molecule has 0 spiro atoms. The number of aromatic amines is 1. The summed E-state index contributed by atoms with van der Waals surface area (Å²) in [5.41, 5.74) is 2.87. The summed E-state index contributed by atoms with van der Waals surface area (Å²) < 4.78 is 1.59. The Morgan fingerprint density at radius 3 is 2.78 bits per heavy atom. The van der Waals surface area contributed by atoms with E-state index in [-0.39, 0.29) is 17.5 Å². The fourth-order valence-corrected chi connectivity index (χ4v) is 3.18. The molecule has 3 heterocycles. The van der Waals surface area contributed by atoms with Gasteiger partial charge in [0.25, 0.3) is 5.91 Å². The molecule has 124 valence electrons. The smallest absolute Gasteiger partial charge is 0.276 e. The molecule has 8 heteroatoms. The minimum atomic E-state index is -0.570. The summed E-state index contributed by atoms with van der Waals surface area (Å²) in [6.45, 7) is 4.51. The lowest BCUT2D eigenvalue weighted by atomic mass is 10.0. The van der Waals surface area contributed by atoms with Crippen molar-refractivity contribution in [2.24, 2.45) is 13.0 Å². The van der Waals surface area contributed by atoms with Gasteiger partial charge in [-0.2, -0.15) is 10.2 Å².